The van der Waals surface area contributed by atoms with Crippen molar-refractivity contribution in [1.29, 1.82) is 0 Å². The Balaban J connectivity index is 2.55. The molecule has 0 amide bonds. The molecule has 1 rings (SSSR count). The molecule has 1 aromatic rings. The minimum absolute atomic E-state index is 0.314. The van der Waals surface area contributed by atoms with E-state index in [1.807, 2.05) is 25.1 Å². The molecule has 0 spiro atoms. The van der Waals surface area contributed by atoms with Crippen molar-refractivity contribution in [3.05, 3.63) is 23.8 Å². The van der Waals surface area contributed by atoms with Gasteiger partial charge in [-0.15, -0.1) is 0 Å². The van der Waals surface area contributed by atoms with Crippen molar-refractivity contribution in [1.82, 2.24) is 0 Å². The van der Waals surface area contributed by atoms with Gasteiger partial charge >= 0.3 is 0 Å². The van der Waals surface area contributed by atoms with Gasteiger partial charge in [-0.2, -0.15) is 0 Å². The third kappa shape index (κ3) is 3.82. The highest BCUT2D eigenvalue weighted by Gasteiger charge is 2.10. The van der Waals surface area contributed by atoms with Crippen molar-refractivity contribution < 1.29 is 4.74 Å². The molecule has 0 aromatic heterocycles. The van der Waals surface area contributed by atoms with E-state index in [9.17, 15) is 0 Å². The Hall–Kier alpha value is -1.18. The molecule has 0 aliphatic carbocycles. The number of nitrogen functional groups attached to an aromatic ring is 1. The first-order valence-corrected chi connectivity index (χ1v) is 5.38. The molecule has 0 bridgehead atoms. The molecule has 0 aliphatic rings. The quantitative estimate of drug-likeness (QED) is 0.771. The van der Waals surface area contributed by atoms with Crippen LogP contribution in [0.1, 0.15) is 32.8 Å². The van der Waals surface area contributed by atoms with Crippen molar-refractivity contribution in [2.24, 2.45) is 5.41 Å². The number of hydrogen-bond donors (Lipinski definition) is 1. The number of anilines is 1. The van der Waals surface area contributed by atoms with Crippen LogP contribution in [0.2, 0.25) is 0 Å². The van der Waals surface area contributed by atoms with Gasteiger partial charge in [-0.3, -0.25) is 0 Å². The summed E-state index contributed by atoms with van der Waals surface area (Å²) >= 11 is 0. The summed E-state index contributed by atoms with van der Waals surface area (Å²) in [6, 6.07) is 5.79. The van der Waals surface area contributed by atoms with E-state index in [1.54, 1.807) is 0 Å². The highest BCUT2D eigenvalue weighted by Crippen LogP contribution is 2.24. The first-order valence-electron chi connectivity index (χ1n) is 5.38. The SMILES string of the molecule is Cc1c(N)cccc1OCCC(C)(C)C. The number of rotatable bonds is 3. The van der Waals surface area contributed by atoms with Gasteiger partial charge in [-0.25, -0.2) is 0 Å². The van der Waals surface area contributed by atoms with Crippen LogP contribution in [0.15, 0.2) is 18.2 Å². The summed E-state index contributed by atoms with van der Waals surface area (Å²) in [4.78, 5) is 0. The molecule has 2 nitrogen and oxygen atoms in total. The van der Waals surface area contributed by atoms with Crippen LogP contribution in [0.4, 0.5) is 5.69 Å². The van der Waals surface area contributed by atoms with Crippen LogP contribution in [-0.4, -0.2) is 6.61 Å². The Kier molecular flexibility index (Phi) is 3.61. The monoisotopic (exact) mass is 207 g/mol. The van der Waals surface area contributed by atoms with Gasteiger partial charge in [-0.05, 0) is 30.9 Å². The summed E-state index contributed by atoms with van der Waals surface area (Å²) in [5.41, 5.74) is 7.94. The lowest BCUT2D eigenvalue weighted by molar-refractivity contribution is 0.242. The van der Waals surface area contributed by atoms with E-state index in [4.69, 9.17) is 10.5 Å². The molecular formula is C13H21NO. The standard InChI is InChI=1S/C13H21NO/c1-10-11(14)6-5-7-12(10)15-9-8-13(2,3)4/h5-7H,8-9,14H2,1-4H3. The van der Waals surface area contributed by atoms with E-state index in [-0.39, 0.29) is 0 Å². The van der Waals surface area contributed by atoms with E-state index >= 15 is 0 Å². The lowest BCUT2D eigenvalue weighted by Crippen LogP contribution is -2.11. The van der Waals surface area contributed by atoms with Crippen LogP contribution in [0.25, 0.3) is 0 Å². The van der Waals surface area contributed by atoms with Crippen LogP contribution >= 0.6 is 0 Å². The second-order valence-corrected chi connectivity index (χ2v) is 5.13. The summed E-state index contributed by atoms with van der Waals surface area (Å²) in [5.74, 6) is 0.902. The van der Waals surface area contributed by atoms with Crippen LogP contribution in [0, 0.1) is 12.3 Å². The zero-order valence-corrected chi connectivity index (χ0v) is 10.1. The van der Waals surface area contributed by atoms with Gasteiger partial charge in [0.2, 0.25) is 0 Å². The molecule has 0 radical (unpaired) electrons. The summed E-state index contributed by atoms with van der Waals surface area (Å²) in [7, 11) is 0. The highest BCUT2D eigenvalue weighted by molar-refractivity contribution is 5.53. The predicted molar refractivity (Wildman–Crippen MR) is 65.2 cm³/mol. The first kappa shape index (κ1) is 11.9. The van der Waals surface area contributed by atoms with Crippen LogP contribution < -0.4 is 10.5 Å². The molecule has 1 aromatic carbocycles. The zero-order chi connectivity index (χ0) is 11.5. The fourth-order valence-corrected chi connectivity index (χ4v) is 1.25. The van der Waals surface area contributed by atoms with Gasteiger partial charge in [0.25, 0.3) is 0 Å². The maximum absolute atomic E-state index is 5.80. The average Bonchev–Trinajstić information content (AvgIpc) is 2.10. The third-order valence-electron chi connectivity index (χ3n) is 2.44. The molecular weight excluding hydrogens is 186 g/mol. The summed E-state index contributed by atoms with van der Waals surface area (Å²) < 4.78 is 5.71. The van der Waals surface area contributed by atoms with E-state index in [2.05, 4.69) is 20.8 Å². The molecule has 0 heterocycles. The van der Waals surface area contributed by atoms with Crippen molar-refractivity contribution >= 4 is 5.69 Å². The predicted octanol–water partition coefficient (Wildman–Crippen LogP) is 3.39. The van der Waals surface area contributed by atoms with Gasteiger partial charge < -0.3 is 10.5 Å². The molecule has 0 atom stereocenters. The van der Waals surface area contributed by atoms with E-state index in [0.717, 1.165) is 30.0 Å². The van der Waals surface area contributed by atoms with Crippen molar-refractivity contribution in [2.75, 3.05) is 12.3 Å². The maximum atomic E-state index is 5.80. The van der Waals surface area contributed by atoms with Crippen LogP contribution in [0.5, 0.6) is 5.75 Å². The van der Waals surface area contributed by atoms with Gasteiger partial charge in [0.05, 0.1) is 6.61 Å². The van der Waals surface area contributed by atoms with Gasteiger partial charge in [0.1, 0.15) is 5.75 Å². The third-order valence-corrected chi connectivity index (χ3v) is 2.44. The van der Waals surface area contributed by atoms with Gasteiger partial charge in [0, 0.05) is 11.3 Å². The fraction of sp³-hybridized carbons (Fsp3) is 0.538. The minimum Gasteiger partial charge on any atom is -0.493 e. The number of ether oxygens (including phenoxy) is 1. The Bertz CT molecular complexity index is 326. The minimum atomic E-state index is 0.314. The van der Waals surface area contributed by atoms with Crippen molar-refractivity contribution in [3.8, 4) is 5.75 Å². The summed E-state index contributed by atoms with van der Waals surface area (Å²) in [6.07, 6.45) is 1.04. The maximum Gasteiger partial charge on any atom is 0.124 e. The van der Waals surface area contributed by atoms with Crippen molar-refractivity contribution in [3.63, 3.8) is 0 Å². The molecule has 15 heavy (non-hydrogen) atoms. The van der Waals surface area contributed by atoms with Crippen LogP contribution in [-0.2, 0) is 0 Å². The smallest absolute Gasteiger partial charge is 0.124 e. The second kappa shape index (κ2) is 4.56. The Morgan fingerprint density at radius 3 is 2.53 bits per heavy atom. The molecule has 2 N–H and O–H groups in total. The average molecular weight is 207 g/mol. The topological polar surface area (TPSA) is 35.2 Å². The van der Waals surface area contributed by atoms with Crippen molar-refractivity contribution in [2.45, 2.75) is 34.1 Å². The first-order chi connectivity index (χ1) is 6.90. The second-order valence-electron chi connectivity index (χ2n) is 5.13. The molecule has 0 saturated heterocycles. The van der Waals surface area contributed by atoms with E-state index in [0.29, 0.717) is 5.41 Å². The molecule has 0 unspecified atom stereocenters. The lowest BCUT2D eigenvalue weighted by Gasteiger charge is -2.18. The Morgan fingerprint density at radius 1 is 1.27 bits per heavy atom. The normalized spacial score (nSPS) is 11.5. The fourth-order valence-electron chi connectivity index (χ4n) is 1.25. The largest absolute Gasteiger partial charge is 0.493 e. The number of nitrogens with two attached hydrogens (primary N) is 1. The summed E-state index contributed by atoms with van der Waals surface area (Å²) in [5, 5.41) is 0. The zero-order valence-electron chi connectivity index (χ0n) is 10.1. The molecule has 84 valence electrons. The van der Waals surface area contributed by atoms with E-state index < -0.39 is 0 Å². The van der Waals surface area contributed by atoms with Crippen LogP contribution in [0.3, 0.4) is 0 Å². The molecule has 0 aliphatic heterocycles. The van der Waals surface area contributed by atoms with Gasteiger partial charge in [-0.1, -0.05) is 26.8 Å². The summed E-state index contributed by atoms with van der Waals surface area (Å²) in [6.45, 7) is 9.36. The Morgan fingerprint density at radius 2 is 1.93 bits per heavy atom. The number of hydrogen-bond acceptors (Lipinski definition) is 2. The molecule has 0 fully saturated rings. The van der Waals surface area contributed by atoms with E-state index in [1.165, 1.54) is 0 Å². The van der Waals surface area contributed by atoms with Gasteiger partial charge in [0.15, 0.2) is 0 Å². The number of benzene rings is 1. The molecule has 2 heteroatoms. The highest BCUT2D eigenvalue weighted by atomic mass is 16.5. The molecule has 0 saturated carbocycles. The Labute approximate surface area is 92.4 Å². The lowest BCUT2D eigenvalue weighted by atomic mass is 9.93.